The Morgan fingerprint density at radius 2 is 1.78 bits per heavy atom. The maximum atomic E-state index is 10.5. The molecule has 0 saturated carbocycles. The van der Waals surface area contributed by atoms with Crippen LogP contribution in [0, 0.1) is 10.1 Å². The van der Waals surface area contributed by atoms with Gasteiger partial charge in [0.15, 0.2) is 0 Å². The zero-order chi connectivity index (χ0) is 13.0. The molecule has 2 aromatic rings. The molecular weight excluding hydrogens is 232 g/mol. The van der Waals surface area contributed by atoms with E-state index < -0.39 is 11.0 Å². The molecular formula is C13H12N2O3. The fraction of sp³-hybridized carbons (Fsp3) is 0.154. The van der Waals surface area contributed by atoms with Crippen LogP contribution in [-0.2, 0) is 6.42 Å². The van der Waals surface area contributed by atoms with Gasteiger partial charge in [-0.15, -0.1) is 0 Å². The number of non-ortho nitro benzene ring substituents is 1. The Kier molecular flexibility index (Phi) is 3.64. The SMILES string of the molecule is O=[N+]([O-])c1ccc(CC(O)c2ccncc2)cc1. The van der Waals surface area contributed by atoms with Gasteiger partial charge in [-0.3, -0.25) is 15.1 Å². The van der Waals surface area contributed by atoms with Crippen molar-refractivity contribution in [3.8, 4) is 0 Å². The van der Waals surface area contributed by atoms with E-state index in [4.69, 9.17) is 0 Å². The number of hydrogen-bond donors (Lipinski definition) is 1. The van der Waals surface area contributed by atoms with Gasteiger partial charge in [-0.1, -0.05) is 12.1 Å². The highest BCUT2D eigenvalue weighted by Gasteiger charge is 2.10. The van der Waals surface area contributed by atoms with Crippen LogP contribution < -0.4 is 0 Å². The van der Waals surface area contributed by atoms with Crippen molar-refractivity contribution in [2.75, 3.05) is 0 Å². The molecule has 1 N–H and O–H groups in total. The van der Waals surface area contributed by atoms with Gasteiger partial charge in [0, 0.05) is 30.9 Å². The normalized spacial score (nSPS) is 12.1. The van der Waals surface area contributed by atoms with Gasteiger partial charge in [0.25, 0.3) is 5.69 Å². The quantitative estimate of drug-likeness (QED) is 0.661. The summed E-state index contributed by atoms with van der Waals surface area (Å²) in [6.07, 6.45) is 3.03. The van der Waals surface area contributed by atoms with Gasteiger partial charge in [0.2, 0.25) is 0 Å². The van der Waals surface area contributed by atoms with E-state index in [2.05, 4.69) is 4.98 Å². The van der Waals surface area contributed by atoms with Crippen molar-refractivity contribution < 1.29 is 10.0 Å². The van der Waals surface area contributed by atoms with Crippen molar-refractivity contribution in [3.63, 3.8) is 0 Å². The number of rotatable bonds is 4. The number of aliphatic hydroxyl groups is 1. The fourth-order valence-corrected chi connectivity index (χ4v) is 1.68. The number of pyridine rings is 1. The summed E-state index contributed by atoms with van der Waals surface area (Å²) in [6.45, 7) is 0. The minimum atomic E-state index is -0.630. The van der Waals surface area contributed by atoms with Gasteiger partial charge in [-0.2, -0.15) is 0 Å². The third kappa shape index (κ3) is 2.89. The lowest BCUT2D eigenvalue weighted by Gasteiger charge is -2.10. The standard InChI is InChI=1S/C13H12N2O3/c16-13(11-5-7-14-8-6-11)9-10-1-3-12(4-2-10)15(17)18/h1-8,13,16H,9H2. The van der Waals surface area contributed by atoms with E-state index in [-0.39, 0.29) is 5.69 Å². The predicted octanol–water partition coefficient (Wildman–Crippen LogP) is 2.27. The van der Waals surface area contributed by atoms with Crippen LogP contribution in [0.2, 0.25) is 0 Å². The number of aromatic nitrogens is 1. The monoisotopic (exact) mass is 244 g/mol. The maximum absolute atomic E-state index is 10.5. The zero-order valence-electron chi connectivity index (χ0n) is 9.56. The Morgan fingerprint density at radius 1 is 1.17 bits per heavy atom. The third-order valence-corrected chi connectivity index (χ3v) is 2.67. The summed E-state index contributed by atoms with van der Waals surface area (Å²) in [5, 5.41) is 20.5. The molecule has 1 aromatic carbocycles. The summed E-state index contributed by atoms with van der Waals surface area (Å²) >= 11 is 0. The molecule has 1 aromatic heterocycles. The number of benzene rings is 1. The summed E-state index contributed by atoms with van der Waals surface area (Å²) in [5.41, 5.74) is 1.69. The first-order valence-electron chi connectivity index (χ1n) is 5.48. The van der Waals surface area contributed by atoms with Gasteiger partial charge < -0.3 is 5.11 Å². The molecule has 18 heavy (non-hydrogen) atoms. The summed E-state index contributed by atoms with van der Waals surface area (Å²) in [5.74, 6) is 0. The first-order chi connectivity index (χ1) is 8.66. The predicted molar refractivity (Wildman–Crippen MR) is 66.0 cm³/mol. The molecule has 5 heteroatoms. The van der Waals surface area contributed by atoms with E-state index >= 15 is 0 Å². The molecule has 0 amide bonds. The van der Waals surface area contributed by atoms with Crippen LogP contribution in [0.5, 0.6) is 0 Å². The van der Waals surface area contributed by atoms with E-state index in [1.807, 2.05) is 0 Å². The minimum Gasteiger partial charge on any atom is -0.388 e. The lowest BCUT2D eigenvalue weighted by Crippen LogP contribution is -2.01. The molecule has 0 aliphatic heterocycles. The highest BCUT2D eigenvalue weighted by Crippen LogP contribution is 2.19. The summed E-state index contributed by atoms with van der Waals surface area (Å²) < 4.78 is 0. The fourth-order valence-electron chi connectivity index (χ4n) is 1.68. The van der Waals surface area contributed by atoms with Crippen LogP contribution in [0.25, 0.3) is 0 Å². The van der Waals surface area contributed by atoms with Crippen molar-refractivity contribution in [2.45, 2.75) is 12.5 Å². The molecule has 1 heterocycles. The first kappa shape index (κ1) is 12.2. The Labute approximate surface area is 104 Å². The van der Waals surface area contributed by atoms with Gasteiger partial charge in [-0.05, 0) is 23.3 Å². The summed E-state index contributed by atoms with van der Waals surface area (Å²) in [6, 6.07) is 9.68. The van der Waals surface area contributed by atoms with Gasteiger partial charge in [0.1, 0.15) is 0 Å². The molecule has 1 unspecified atom stereocenters. The van der Waals surface area contributed by atoms with E-state index in [0.29, 0.717) is 6.42 Å². The van der Waals surface area contributed by atoms with Crippen molar-refractivity contribution in [3.05, 3.63) is 70.0 Å². The van der Waals surface area contributed by atoms with Crippen LogP contribution >= 0.6 is 0 Å². The minimum absolute atomic E-state index is 0.0529. The molecule has 5 nitrogen and oxygen atoms in total. The van der Waals surface area contributed by atoms with Crippen molar-refractivity contribution in [1.29, 1.82) is 0 Å². The number of nitro benzene ring substituents is 1. The largest absolute Gasteiger partial charge is 0.388 e. The molecule has 0 bridgehead atoms. The van der Waals surface area contributed by atoms with E-state index in [9.17, 15) is 15.2 Å². The average Bonchev–Trinajstić information content (AvgIpc) is 2.40. The molecule has 2 rings (SSSR count). The van der Waals surface area contributed by atoms with Crippen LogP contribution in [0.1, 0.15) is 17.2 Å². The second kappa shape index (κ2) is 5.37. The highest BCUT2D eigenvalue weighted by molar-refractivity contribution is 5.33. The number of nitro groups is 1. The third-order valence-electron chi connectivity index (χ3n) is 2.67. The maximum Gasteiger partial charge on any atom is 0.269 e. The molecule has 0 saturated heterocycles. The lowest BCUT2D eigenvalue weighted by atomic mass is 10.0. The summed E-state index contributed by atoms with van der Waals surface area (Å²) in [4.78, 5) is 13.9. The van der Waals surface area contributed by atoms with Gasteiger partial charge >= 0.3 is 0 Å². The van der Waals surface area contributed by atoms with Crippen LogP contribution in [0.3, 0.4) is 0 Å². The smallest absolute Gasteiger partial charge is 0.269 e. The van der Waals surface area contributed by atoms with Crippen LogP contribution in [0.4, 0.5) is 5.69 Å². The van der Waals surface area contributed by atoms with E-state index in [0.717, 1.165) is 11.1 Å². The zero-order valence-corrected chi connectivity index (χ0v) is 9.56. The van der Waals surface area contributed by atoms with Crippen LogP contribution in [-0.4, -0.2) is 15.0 Å². The lowest BCUT2D eigenvalue weighted by molar-refractivity contribution is -0.384. The average molecular weight is 244 g/mol. The first-order valence-corrected chi connectivity index (χ1v) is 5.48. The Hall–Kier alpha value is -2.27. The Balaban J connectivity index is 2.08. The second-order valence-corrected chi connectivity index (χ2v) is 3.92. The van der Waals surface area contributed by atoms with Crippen molar-refractivity contribution >= 4 is 5.69 Å². The molecule has 1 atom stereocenters. The molecule has 0 aliphatic rings. The second-order valence-electron chi connectivity index (χ2n) is 3.92. The molecule has 0 radical (unpaired) electrons. The van der Waals surface area contributed by atoms with E-state index in [1.165, 1.54) is 12.1 Å². The Bertz CT molecular complexity index is 526. The molecule has 0 spiro atoms. The number of nitrogens with zero attached hydrogens (tertiary/aromatic N) is 2. The Morgan fingerprint density at radius 3 is 2.33 bits per heavy atom. The van der Waals surface area contributed by atoms with Crippen molar-refractivity contribution in [2.24, 2.45) is 0 Å². The molecule has 0 fully saturated rings. The molecule has 92 valence electrons. The highest BCUT2D eigenvalue weighted by atomic mass is 16.6. The van der Waals surface area contributed by atoms with Crippen LogP contribution in [0.15, 0.2) is 48.8 Å². The van der Waals surface area contributed by atoms with Gasteiger partial charge in [0.05, 0.1) is 11.0 Å². The van der Waals surface area contributed by atoms with E-state index in [1.54, 1.807) is 36.7 Å². The van der Waals surface area contributed by atoms with Gasteiger partial charge in [-0.25, -0.2) is 0 Å². The number of hydrogen-bond acceptors (Lipinski definition) is 4. The number of aliphatic hydroxyl groups excluding tert-OH is 1. The summed E-state index contributed by atoms with van der Waals surface area (Å²) in [7, 11) is 0. The topological polar surface area (TPSA) is 76.3 Å². The molecule has 0 aliphatic carbocycles. The van der Waals surface area contributed by atoms with Crippen molar-refractivity contribution in [1.82, 2.24) is 4.98 Å².